The van der Waals surface area contributed by atoms with Crippen molar-refractivity contribution in [2.75, 3.05) is 13.7 Å². The van der Waals surface area contributed by atoms with E-state index in [1.165, 1.54) is 11.3 Å². The van der Waals surface area contributed by atoms with Crippen molar-refractivity contribution in [1.29, 1.82) is 0 Å². The lowest BCUT2D eigenvalue weighted by atomic mass is 10.1. The minimum absolute atomic E-state index is 0.0359. The molecule has 1 saturated heterocycles. The molecule has 112 valence electrons. The van der Waals surface area contributed by atoms with E-state index in [0.29, 0.717) is 12.3 Å². The summed E-state index contributed by atoms with van der Waals surface area (Å²) in [7, 11) is 1.62. The highest BCUT2D eigenvalue weighted by atomic mass is 32.1. The standard InChI is InChI=1S/C14H17N3O3S/c1-9-6-12(20-16-9)11-4-3-5-17(11)14(18)10-8-21-13(15-10)7-19-2/h6,8,11H,3-5,7H2,1-2H3/t11-/m1/s1. The lowest BCUT2D eigenvalue weighted by Crippen LogP contribution is -2.30. The third-order valence-corrected chi connectivity index (χ3v) is 4.35. The van der Waals surface area contributed by atoms with Crippen molar-refractivity contribution in [3.63, 3.8) is 0 Å². The lowest BCUT2D eigenvalue weighted by molar-refractivity contribution is 0.0709. The maximum absolute atomic E-state index is 12.6. The largest absolute Gasteiger partial charge is 0.378 e. The third-order valence-electron chi connectivity index (χ3n) is 3.53. The van der Waals surface area contributed by atoms with E-state index in [4.69, 9.17) is 9.26 Å². The van der Waals surface area contributed by atoms with Crippen molar-refractivity contribution in [3.8, 4) is 0 Å². The molecule has 1 fully saturated rings. The summed E-state index contributed by atoms with van der Waals surface area (Å²) in [6, 6.07) is 1.86. The summed E-state index contributed by atoms with van der Waals surface area (Å²) >= 11 is 1.44. The van der Waals surface area contributed by atoms with Crippen LogP contribution >= 0.6 is 11.3 Å². The monoisotopic (exact) mass is 307 g/mol. The molecule has 1 amide bonds. The molecule has 1 aliphatic heterocycles. The maximum Gasteiger partial charge on any atom is 0.273 e. The van der Waals surface area contributed by atoms with E-state index in [1.54, 1.807) is 12.5 Å². The highest BCUT2D eigenvalue weighted by Gasteiger charge is 2.34. The minimum atomic E-state index is -0.0508. The van der Waals surface area contributed by atoms with Crippen LogP contribution in [-0.4, -0.2) is 34.6 Å². The quantitative estimate of drug-likeness (QED) is 0.868. The van der Waals surface area contributed by atoms with E-state index in [-0.39, 0.29) is 11.9 Å². The van der Waals surface area contributed by atoms with Gasteiger partial charge in [-0.2, -0.15) is 0 Å². The average molecular weight is 307 g/mol. The Morgan fingerprint density at radius 3 is 3.19 bits per heavy atom. The zero-order valence-electron chi connectivity index (χ0n) is 12.0. The van der Waals surface area contributed by atoms with Gasteiger partial charge in [-0.15, -0.1) is 11.3 Å². The molecule has 3 rings (SSSR count). The third kappa shape index (κ3) is 2.84. The molecule has 0 aromatic carbocycles. The fraction of sp³-hybridized carbons (Fsp3) is 0.500. The summed E-state index contributed by atoms with van der Waals surface area (Å²) in [6.45, 7) is 3.04. The van der Waals surface area contributed by atoms with Crippen LogP contribution in [-0.2, 0) is 11.3 Å². The first-order chi connectivity index (χ1) is 10.2. The molecule has 6 nitrogen and oxygen atoms in total. The van der Waals surface area contributed by atoms with Gasteiger partial charge in [0.1, 0.15) is 10.7 Å². The number of methoxy groups -OCH3 is 1. The van der Waals surface area contributed by atoms with Gasteiger partial charge in [-0.05, 0) is 19.8 Å². The van der Waals surface area contributed by atoms with Crippen molar-refractivity contribution < 1.29 is 14.1 Å². The Hall–Kier alpha value is -1.73. The van der Waals surface area contributed by atoms with Crippen LogP contribution in [0.1, 0.15) is 45.8 Å². The van der Waals surface area contributed by atoms with E-state index in [2.05, 4.69) is 10.1 Å². The number of hydrogen-bond donors (Lipinski definition) is 0. The lowest BCUT2D eigenvalue weighted by Gasteiger charge is -2.21. The van der Waals surface area contributed by atoms with Crippen LogP contribution in [0.25, 0.3) is 0 Å². The average Bonchev–Trinajstić information content (AvgIpc) is 3.17. The van der Waals surface area contributed by atoms with E-state index >= 15 is 0 Å². The van der Waals surface area contributed by atoms with Crippen LogP contribution in [0.4, 0.5) is 0 Å². The topological polar surface area (TPSA) is 68.5 Å². The van der Waals surface area contributed by atoms with Gasteiger partial charge in [-0.25, -0.2) is 4.98 Å². The van der Waals surface area contributed by atoms with Crippen molar-refractivity contribution in [1.82, 2.24) is 15.0 Å². The number of rotatable bonds is 4. The number of carbonyl (C=O) groups excluding carboxylic acids is 1. The minimum Gasteiger partial charge on any atom is -0.378 e. The van der Waals surface area contributed by atoms with Gasteiger partial charge in [0.05, 0.1) is 18.3 Å². The number of ether oxygens (including phenoxy) is 1. The Morgan fingerprint density at radius 1 is 1.62 bits per heavy atom. The molecule has 0 radical (unpaired) electrons. The molecule has 1 aliphatic rings. The first-order valence-electron chi connectivity index (χ1n) is 6.86. The van der Waals surface area contributed by atoms with Crippen LogP contribution in [0.3, 0.4) is 0 Å². The fourth-order valence-electron chi connectivity index (χ4n) is 2.59. The Labute approximate surface area is 126 Å². The summed E-state index contributed by atoms with van der Waals surface area (Å²) in [5, 5.41) is 6.51. The molecule has 2 aromatic heterocycles. The van der Waals surface area contributed by atoms with Gasteiger partial charge in [-0.1, -0.05) is 5.16 Å². The molecule has 1 atom stereocenters. The van der Waals surface area contributed by atoms with Gasteiger partial charge in [0, 0.05) is 25.1 Å². The first kappa shape index (κ1) is 14.2. The van der Waals surface area contributed by atoms with Crippen LogP contribution in [0.5, 0.6) is 0 Å². The summed E-state index contributed by atoms with van der Waals surface area (Å²) < 4.78 is 10.4. The number of carbonyl (C=O) groups is 1. The van der Waals surface area contributed by atoms with Gasteiger partial charge in [0.25, 0.3) is 5.91 Å². The van der Waals surface area contributed by atoms with Crippen LogP contribution < -0.4 is 0 Å². The number of aromatic nitrogens is 2. The summed E-state index contributed by atoms with van der Waals surface area (Å²) in [6.07, 6.45) is 1.86. The molecular weight excluding hydrogens is 290 g/mol. The van der Waals surface area contributed by atoms with E-state index in [9.17, 15) is 4.79 Å². The molecule has 0 bridgehead atoms. The second-order valence-corrected chi connectivity index (χ2v) is 6.03. The molecule has 21 heavy (non-hydrogen) atoms. The summed E-state index contributed by atoms with van der Waals surface area (Å²) in [5.41, 5.74) is 1.32. The number of amides is 1. The molecule has 7 heteroatoms. The molecule has 0 aliphatic carbocycles. The SMILES string of the molecule is COCc1nc(C(=O)N2CCC[C@@H]2c2cc(C)no2)cs1. The van der Waals surface area contributed by atoms with Crippen molar-refractivity contribution >= 4 is 17.2 Å². The smallest absolute Gasteiger partial charge is 0.273 e. The molecule has 0 unspecified atom stereocenters. The second-order valence-electron chi connectivity index (χ2n) is 5.09. The molecule has 0 spiro atoms. The number of hydrogen-bond acceptors (Lipinski definition) is 6. The van der Waals surface area contributed by atoms with Crippen LogP contribution in [0, 0.1) is 6.92 Å². The van der Waals surface area contributed by atoms with Crippen LogP contribution in [0.2, 0.25) is 0 Å². The van der Waals surface area contributed by atoms with E-state index in [1.807, 2.05) is 17.9 Å². The zero-order chi connectivity index (χ0) is 14.8. The van der Waals surface area contributed by atoms with Gasteiger partial charge in [-0.3, -0.25) is 4.79 Å². The van der Waals surface area contributed by atoms with E-state index in [0.717, 1.165) is 35.8 Å². The molecule has 3 heterocycles. The Morgan fingerprint density at radius 2 is 2.48 bits per heavy atom. The van der Waals surface area contributed by atoms with Gasteiger partial charge in [0.15, 0.2) is 5.76 Å². The summed E-state index contributed by atoms with van der Waals surface area (Å²) in [5.74, 6) is 0.704. The van der Waals surface area contributed by atoms with E-state index < -0.39 is 0 Å². The normalized spacial score (nSPS) is 18.4. The fourth-order valence-corrected chi connectivity index (χ4v) is 3.33. The number of aryl methyl sites for hydroxylation is 1. The summed E-state index contributed by atoms with van der Waals surface area (Å²) in [4.78, 5) is 18.8. The Bertz CT molecular complexity index is 637. The van der Waals surface area contributed by atoms with Gasteiger partial charge in [0.2, 0.25) is 0 Å². The Kier molecular flexibility index (Phi) is 4.03. The predicted octanol–water partition coefficient (Wildman–Crippen LogP) is 2.56. The van der Waals surface area contributed by atoms with Crippen molar-refractivity contribution in [2.24, 2.45) is 0 Å². The highest BCUT2D eigenvalue weighted by molar-refractivity contribution is 7.09. The number of likely N-dealkylation sites (tertiary alicyclic amines) is 1. The van der Waals surface area contributed by atoms with Crippen LogP contribution in [0.15, 0.2) is 16.0 Å². The van der Waals surface area contributed by atoms with Crippen molar-refractivity contribution in [2.45, 2.75) is 32.4 Å². The molecule has 0 saturated carbocycles. The van der Waals surface area contributed by atoms with Gasteiger partial charge >= 0.3 is 0 Å². The molecule has 0 N–H and O–H groups in total. The Balaban J connectivity index is 1.79. The zero-order valence-corrected chi connectivity index (χ0v) is 12.9. The van der Waals surface area contributed by atoms with Crippen molar-refractivity contribution in [3.05, 3.63) is 33.6 Å². The number of nitrogens with zero attached hydrogens (tertiary/aromatic N) is 3. The molecule has 2 aromatic rings. The highest BCUT2D eigenvalue weighted by Crippen LogP contribution is 2.33. The first-order valence-corrected chi connectivity index (χ1v) is 7.74. The maximum atomic E-state index is 12.6. The molecular formula is C14H17N3O3S. The van der Waals surface area contributed by atoms with Gasteiger partial charge < -0.3 is 14.2 Å². The number of thiazole rings is 1. The predicted molar refractivity (Wildman–Crippen MR) is 77.1 cm³/mol. The second kappa shape index (κ2) is 5.95.